The van der Waals surface area contributed by atoms with Gasteiger partial charge in [-0.2, -0.15) is 0 Å². The lowest BCUT2D eigenvalue weighted by molar-refractivity contribution is -0.155. The number of alkyl carbamates (subject to hydrolysis) is 1. The molecule has 36 heavy (non-hydrogen) atoms. The predicted molar refractivity (Wildman–Crippen MR) is 128 cm³/mol. The molecule has 0 bridgehead atoms. The standard InChI is InChI=1S/C25H28N4O7/c1-34-22(31)20-19(21(30)27-20)13-8-14-26-23(28-24(32)35-15-17-9-4-2-5-10-17)29-25(33)36-16-18-11-6-3-7-12-18/h2-7,9-12,19-20H,8,13-16H2,1H3,(H,27,30)(H2,26,28,29,32,33)/t19-,20+/m1/s1. The van der Waals surface area contributed by atoms with E-state index < -0.39 is 30.1 Å². The maximum atomic E-state index is 12.3. The molecule has 2 aromatic rings. The van der Waals surface area contributed by atoms with E-state index >= 15 is 0 Å². The molecule has 1 fully saturated rings. The molecule has 0 unspecified atom stereocenters. The van der Waals surface area contributed by atoms with E-state index in [0.29, 0.717) is 12.8 Å². The predicted octanol–water partition coefficient (Wildman–Crippen LogP) is 2.26. The van der Waals surface area contributed by atoms with Crippen molar-refractivity contribution in [2.45, 2.75) is 32.1 Å². The van der Waals surface area contributed by atoms with Crippen molar-refractivity contribution in [1.29, 1.82) is 0 Å². The number of hydrogen-bond acceptors (Lipinski definition) is 7. The van der Waals surface area contributed by atoms with Gasteiger partial charge in [-0.25, -0.2) is 14.4 Å². The Labute approximate surface area is 208 Å². The van der Waals surface area contributed by atoms with Crippen molar-refractivity contribution in [3.63, 3.8) is 0 Å². The second-order valence-corrected chi connectivity index (χ2v) is 7.87. The molecular weight excluding hydrogens is 468 g/mol. The Hall–Kier alpha value is -4.41. The van der Waals surface area contributed by atoms with Crippen LogP contribution in [0, 0.1) is 5.92 Å². The number of guanidine groups is 1. The summed E-state index contributed by atoms with van der Waals surface area (Å²) in [5.74, 6) is -1.39. The molecule has 0 spiro atoms. The van der Waals surface area contributed by atoms with Crippen LogP contribution in [0.3, 0.4) is 0 Å². The molecule has 190 valence electrons. The highest BCUT2D eigenvalue weighted by Crippen LogP contribution is 2.21. The average molecular weight is 497 g/mol. The number of β-lactam (4-membered cyclic amide) rings is 1. The van der Waals surface area contributed by atoms with Crippen LogP contribution in [-0.2, 0) is 37.0 Å². The number of nitrogens with zero attached hydrogens (tertiary/aromatic N) is 1. The molecule has 1 aliphatic rings. The van der Waals surface area contributed by atoms with Crippen LogP contribution in [0.4, 0.5) is 9.59 Å². The summed E-state index contributed by atoms with van der Waals surface area (Å²) in [7, 11) is 1.26. The number of benzene rings is 2. The molecule has 1 aliphatic heterocycles. The number of aliphatic imine (C=N–C) groups is 1. The molecule has 1 saturated heterocycles. The Bertz CT molecular complexity index is 1080. The molecule has 0 aromatic heterocycles. The van der Waals surface area contributed by atoms with E-state index in [1.54, 1.807) is 24.3 Å². The van der Waals surface area contributed by atoms with Gasteiger partial charge in [-0.15, -0.1) is 4.99 Å². The fourth-order valence-electron chi connectivity index (χ4n) is 3.40. The van der Waals surface area contributed by atoms with E-state index in [1.165, 1.54) is 7.11 Å². The minimum atomic E-state index is -0.908. The van der Waals surface area contributed by atoms with Gasteiger partial charge in [0, 0.05) is 6.54 Å². The molecule has 0 radical (unpaired) electrons. The van der Waals surface area contributed by atoms with Crippen LogP contribution in [0.1, 0.15) is 24.0 Å². The molecular formula is C25H28N4O7. The Kier molecular flexibility index (Phi) is 9.80. The molecule has 11 heteroatoms. The Balaban J connectivity index is 1.53. The number of ether oxygens (including phenoxy) is 3. The summed E-state index contributed by atoms with van der Waals surface area (Å²) in [6, 6.07) is 17.5. The van der Waals surface area contributed by atoms with Crippen LogP contribution in [-0.4, -0.2) is 49.7 Å². The van der Waals surface area contributed by atoms with Gasteiger partial charge in [-0.3, -0.25) is 10.1 Å². The minimum absolute atomic E-state index is 0.0145. The largest absolute Gasteiger partial charge is 0.467 e. The summed E-state index contributed by atoms with van der Waals surface area (Å²) in [5, 5.41) is 7.75. The number of amides is 3. The lowest BCUT2D eigenvalue weighted by Crippen LogP contribution is -2.62. The smallest absolute Gasteiger partial charge is 0.437 e. The number of carbonyl (C=O) groups is 4. The van der Waals surface area contributed by atoms with E-state index in [4.69, 9.17) is 9.47 Å². The zero-order valence-corrected chi connectivity index (χ0v) is 19.8. The van der Waals surface area contributed by atoms with Crippen molar-refractivity contribution >= 4 is 30.0 Å². The van der Waals surface area contributed by atoms with Crippen LogP contribution in [0.15, 0.2) is 65.7 Å². The van der Waals surface area contributed by atoms with E-state index in [9.17, 15) is 19.2 Å². The first-order valence-corrected chi connectivity index (χ1v) is 11.4. The van der Waals surface area contributed by atoms with Crippen molar-refractivity contribution < 1.29 is 33.4 Å². The van der Waals surface area contributed by atoms with Gasteiger partial charge >= 0.3 is 18.2 Å². The van der Waals surface area contributed by atoms with Crippen LogP contribution < -0.4 is 16.0 Å². The van der Waals surface area contributed by atoms with Gasteiger partial charge in [0.1, 0.15) is 19.3 Å². The fourth-order valence-corrected chi connectivity index (χ4v) is 3.40. The fraction of sp³-hybridized carbons (Fsp3) is 0.320. The van der Waals surface area contributed by atoms with E-state index in [1.807, 2.05) is 36.4 Å². The summed E-state index contributed by atoms with van der Waals surface area (Å²) >= 11 is 0. The zero-order valence-electron chi connectivity index (χ0n) is 19.8. The van der Waals surface area contributed by atoms with Gasteiger partial charge in [0.25, 0.3) is 0 Å². The third-order valence-corrected chi connectivity index (χ3v) is 5.32. The Morgan fingerprint density at radius 3 is 2.14 bits per heavy atom. The molecule has 3 N–H and O–H groups in total. The average Bonchev–Trinajstić information content (AvgIpc) is 2.89. The number of nitrogens with one attached hydrogen (secondary N) is 3. The maximum Gasteiger partial charge on any atom is 0.437 e. The first-order chi connectivity index (χ1) is 17.5. The molecule has 3 amide bonds. The topological polar surface area (TPSA) is 144 Å². The maximum absolute atomic E-state index is 12.3. The van der Waals surface area contributed by atoms with Gasteiger partial charge in [0.15, 0.2) is 0 Å². The Morgan fingerprint density at radius 2 is 1.56 bits per heavy atom. The van der Waals surface area contributed by atoms with Crippen LogP contribution in [0.25, 0.3) is 0 Å². The van der Waals surface area contributed by atoms with E-state index in [2.05, 4.69) is 25.7 Å². The van der Waals surface area contributed by atoms with Crippen LogP contribution in [0.2, 0.25) is 0 Å². The van der Waals surface area contributed by atoms with Crippen LogP contribution in [0.5, 0.6) is 0 Å². The third kappa shape index (κ3) is 8.12. The number of methoxy groups -OCH3 is 1. The summed E-state index contributed by atoms with van der Waals surface area (Å²) in [5.41, 5.74) is 1.57. The van der Waals surface area contributed by atoms with Gasteiger partial charge in [0.05, 0.1) is 13.0 Å². The first-order valence-electron chi connectivity index (χ1n) is 11.4. The van der Waals surface area contributed by atoms with Crippen molar-refractivity contribution in [3.05, 3.63) is 71.8 Å². The lowest BCUT2D eigenvalue weighted by atomic mass is 9.86. The summed E-state index contributed by atoms with van der Waals surface area (Å²) in [4.78, 5) is 51.7. The monoisotopic (exact) mass is 496 g/mol. The van der Waals surface area contributed by atoms with Crippen molar-refractivity contribution in [1.82, 2.24) is 16.0 Å². The number of hydrogen-bond donors (Lipinski definition) is 3. The molecule has 0 saturated carbocycles. The summed E-state index contributed by atoms with van der Waals surface area (Å²) in [6.45, 7) is 0.298. The minimum Gasteiger partial charge on any atom is -0.467 e. The van der Waals surface area contributed by atoms with Crippen molar-refractivity contribution in [2.75, 3.05) is 13.7 Å². The van der Waals surface area contributed by atoms with Crippen molar-refractivity contribution in [3.8, 4) is 0 Å². The second-order valence-electron chi connectivity index (χ2n) is 7.87. The zero-order chi connectivity index (χ0) is 25.8. The van der Waals surface area contributed by atoms with Gasteiger partial charge in [0.2, 0.25) is 11.9 Å². The van der Waals surface area contributed by atoms with Gasteiger partial charge in [-0.1, -0.05) is 60.7 Å². The van der Waals surface area contributed by atoms with Gasteiger partial charge < -0.3 is 24.8 Å². The first kappa shape index (κ1) is 26.2. The molecule has 11 nitrogen and oxygen atoms in total. The highest BCUT2D eigenvalue weighted by molar-refractivity contribution is 5.99. The lowest BCUT2D eigenvalue weighted by Gasteiger charge is -2.34. The Morgan fingerprint density at radius 1 is 0.944 bits per heavy atom. The molecule has 2 aromatic carbocycles. The third-order valence-electron chi connectivity index (χ3n) is 5.32. The highest BCUT2D eigenvalue weighted by Gasteiger charge is 2.44. The van der Waals surface area contributed by atoms with E-state index in [0.717, 1.165) is 11.1 Å². The second kappa shape index (κ2) is 13.5. The van der Waals surface area contributed by atoms with Gasteiger partial charge in [-0.05, 0) is 24.0 Å². The highest BCUT2D eigenvalue weighted by atomic mass is 16.6. The number of esters is 1. The quantitative estimate of drug-likeness (QED) is 0.120. The molecule has 1 heterocycles. The van der Waals surface area contributed by atoms with Crippen LogP contribution >= 0.6 is 0 Å². The van der Waals surface area contributed by atoms with E-state index in [-0.39, 0.29) is 31.6 Å². The molecule has 3 rings (SSSR count). The van der Waals surface area contributed by atoms with Crippen molar-refractivity contribution in [2.24, 2.45) is 10.9 Å². The number of carbonyl (C=O) groups excluding carboxylic acids is 4. The number of rotatable bonds is 9. The SMILES string of the molecule is COC(=O)[C@H]1NC(=O)[C@@H]1CCCN/C(=N\C(=O)OCc1ccccc1)NC(=O)OCc1ccccc1. The molecule has 2 atom stereocenters. The summed E-state index contributed by atoms with van der Waals surface area (Å²) in [6.07, 6.45) is -0.883. The summed E-state index contributed by atoms with van der Waals surface area (Å²) < 4.78 is 15.0. The molecule has 0 aliphatic carbocycles. The normalized spacial score (nSPS) is 16.7.